The molecule has 0 unspecified atom stereocenters. The van der Waals surface area contributed by atoms with Gasteiger partial charge in [-0.3, -0.25) is 19.8 Å². The first-order valence-electron chi connectivity index (χ1n) is 7.83. The topological polar surface area (TPSA) is 90.5 Å². The average molecular weight is 354 g/mol. The lowest BCUT2D eigenvalue weighted by molar-refractivity contribution is -0.124. The van der Waals surface area contributed by atoms with Gasteiger partial charge in [0.1, 0.15) is 0 Å². The lowest BCUT2D eigenvalue weighted by Gasteiger charge is -2.22. The van der Waals surface area contributed by atoms with Crippen LogP contribution >= 0.6 is 11.3 Å². The Hall–Kier alpha value is -1.93. The van der Waals surface area contributed by atoms with E-state index in [1.807, 2.05) is 45.2 Å². The summed E-state index contributed by atoms with van der Waals surface area (Å²) in [5.41, 5.74) is -0.420. The highest BCUT2D eigenvalue weighted by Crippen LogP contribution is 2.07. The van der Waals surface area contributed by atoms with Gasteiger partial charge in [0.2, 0.25) is 11.8 Å². The van der Waals surface area contributed by atoms with Crippen molar-refractivity contribution in [1.82, 2.24) is 20.9 Å². The zero-order chi connectivity index (χ0) is 18.2. The molecule has 0 fully saturated rings. The largest absolute Gasteiger partial charge is 0.350 e. The van der Waals surface area contributed by atoms with Gasteiger partial charge >= 0.3 is 6.03 Å². The molecule has 8 heteroatoms. The summed E-state index contributed by atoms with van der Waals surface area (Å²) in [5.74, 6) is -0.596. The third-order valence-corrected chi connectivity index (χ3v) is 3.84. The molecule has 1 rings (SSSR count). The van der Waals surface area contributed by atoms with Crippen LogP contribution in [0.4, 0.5) is 4.79 Å². The summed E-state index contributed by atoms with van der Waals surface area (Å²) in [7, 11) is 0. The highest BCUT2D eigenvalue weighted by Gasteiger charge is 2.18. The van der Waals surface area contributed by atoms with Crippen molar-refractivity contribution in [1.29, 1.82) is 0 Å². The molecule has 3 N–H and O–H groups in total. The van der Waals surface area contributed by atoms with Crippen molar-refractivity contribution in [2.75, 3.05) is 19.6 Å². The van der Waals surface area contributed by atoms with Crippen LogP contribution in [0.15, 0.2) is 17.5 Å². The average Bonchev–Trinajstić information content (AvgIpc) is 2.95. The zero-order valence-corrected chi connectivity index (χ0v) is 15.5. The van der Waals surface area contributed by atoms with Gasteiger partial charge < -0.3 is 10.6 Å². The molecule has 0 saturated carbocycles. The number of imide groups is 1. The fourth-order valence-corrected chi connectivity index (χ4v) is 2.52. The molecule has 1 heterocycles. The molecule has 0 atom stereocenters. The van der Waals surface area contributed by atoms with Crippen LogP contribution in [0, 0.1) is 0 Å². The fourth-order valence-electron chi connectivity index (χ4n) is 1.88. The van der Waals surface area contributed by atoms with E-state index in [0.29, 0.717) is 13.1 Å². The van der Waals surface area contributed by atoms with Gasteiger partial charge in [0.05, 0.1) is 19.6 Å². The minimum Gasteiger partial charge on any atom is -0.350 e. The summed E-state index contributed by atoms with van der Waals surface area (Å²) in [4.78, 5) is 38.2. The minimum absolute atomic E-state index is 0.0134. The Morgan fingerprint density at radius 2 is 1.83 bits per heavy atom. The molecule has 0 aliphatic rings. The Labute approximate surface area is 146 Å². The molecule has 0 aliphatic heterocycles. The van der Waals surface area contributed by atoms with Crippen LogP contribution in [-0.2, 0) is 16.1 Å². The van der Waals surface area contributed by atoms with Gasteiger partial charge in [0, 0.05) is 10.4 Å². The summed E-state index contributed by atoms with van der Waals surface area (Å²) >= 11 is 1.57. The highest BCUT2D eigenvalue weighted by molar-refractivity contribution is 7.09. The number of urea groups is 1. The van der Waals surface area contributed by atoms with Gasteiger partial charge in [0.25, 0.3) is 0 Å². The van der Waals surface area contributed by atoms with Crippen LogP contribution in [0.25, 0.3) is 0 Å². The maximum atomic E-state index is 11.9. The summed E-state index contributed by atoms with van der Waals surface area (Å²) in [6, 6.07) is 3.34. The molecule has 1 aromatic rings. The molecule has 7 nitrogen and oxygen atoms in total. The second kappa shape index (κ2) is 9.39. The zero-order valence-electron chi connectivity index (χ0n) is 14.6. The second-order valence-electron chi connectivity index (χ2n) is 6.41. The molecule has 1 aromatic heterocycles. The molecule has 0 spiro atoms. The second-order valence-corrected chi connectivity index (χ2v) is 7.44. The quantitative estimate of drug-likeness (QED) is 0.689. The number of likely N-dealkylation sites (N-methyl/N-ethyl adjacent to an activating group) is 1. The SMILES string of the molecule is CCN(CC(=O)NCc1cccs1)CC(=O)NC(=O)NC(C)(C)C. The minimum atomic E-state index is -0.536. The van der Waals surface area contributed by atoms with E-state index in [0.717, 1.165) is 4.88 Å². The van der Waals surface area contributed by atoms with Crippen LogP contribution in [0.5, 0.6) is 0 Å². The number of rotatable bonds is 7. The molecular formula is C16H26N4O3S. The Morgan fingerprint density at radius 3 is 2.38 bits per heavy atom. The van der Waals surface area contributed by atoms with E-state index >= 15 is 0 Å². The van der Waals surface area contributed by atoms with Crippen LogP contribution in [-0.4, -0.2) is 47.9 Å². The van der Waals surface area contributed by atoms with Gasteiger partial charge in [-0.15, -0.1) is 11.3 Å². The number of amides is 4. The van der Waals surface area contributed by atoms with E-state index in [1.165, 1.54) is 0 Å². The molecule has 134 valence electrons. The number of hydrogen-bond donors (Lipinski definition) is 3. The molecule has 4 amide bonds. The Balaban J connectivity index is 2.36. The maximum absolute atomic E-state index is 11.9. The predicted octanol–water partition coefficient (Wildman–Crippen LogP) is 1.31. The van der Waals surface area contributed by atoms with E-state index in [4.69, 9.17) is 0 Å². The first kappa shape index (κ1) is 20.1. The summed E-state index contributed by atoms with van der Waals surface area (Å²) in [6.45, 7) is 8.44. The van der Waals surface area contributed by atoms with Crippen LogP contribution in [0.1, 0.15) is 32.6 Å². The van der Waals surface area contributed by atoms with Crippen LogP contribution in [0.3, 0.4) is 0 Å². The number of thiophene rings is 1. The Kier molecular flexibility index (Phi) is 7.87. The van der Waals surface area contributed by atoms with Gasteiger partial charge in [-0.1, -0.05) is 13.0 Å². The van der Waals surface area contributed by atoms with Crippen molar-refractivity contribution >= 4 is 29.2 Å². The third-order valence-electron chi connectivity index (χ3n) is 2.96. The molecule has 24 heavy (non-hydrogen) atoms. The molecular weight excluding hydrogens is 328 g/mol. The van der Waals surface area contributed by atoms with E-state index < -0.39 is 17.5 Å². The summed E-state index contributed by atoms with van der Waals surface area (Å²) in [5, 5.41) is 9.68. The molecule has 0 saturated heterocycles. The van der Waals surface area contributed by atoms with Gasteiger partial charge in [-0.05, 0) is 38.8 Å². The lowest BCUT2D eigenvalue weighted by atomic mass is 10.1. The van der Waals surface area contributed by atoms with E-state index in [2.05, 4.69) is 16.0 Å². The number of carbonyl (C=O) groups is 3. The van der Waals surface area contributed by atoms with E-state index in [9.17, 15) is 14.4 Å². The molecule has 0 aliphatic carbocycles. The molecule has 0 bridgehead atoms. The lowest BCUT2D eigenvalue weighted by Crippen LogP contribution is -2.51. The van der Waals surface area contributed by atoms with Crippen molar-refractivity contribution in [2.45, 2.75) is 39.8 Å². The number of carbonyl (C=O) groups excluding carboxylic acids is 3. The fraction of sp³-hybridized carbons (Fsp3) is 0.562. The van der Waals surface area contributed by atoms with Crippen LogP contribution < -0.4 is 16.0 Å². The Morgan fingerprint density at radius 1 is 1.17 bits per heavy atom. The number of nitrogens with zero attached hydrogens (tertiary/aromatic N) is 1. The monoisotopic (exact) mass is 354 g/mol. The number of nitrogens with one attached hydrogen (secondary N) is 3. The van der Waals surface area contributed by atoms with Crippen molar-refractivity contribution < 1.29 is 14.4 Å². The van der Waals surface area contributed by atoms with Crippen LogP contribution in [0.2, 0.25) is 0 Å². The van der Waals surface area contributed by atoms with Crippen molar-refractivity contribution in [3.63, 3.8) is 0 Å². The van der Waals surface area contributed by atoms with Crippen molar-refractivity contribution in [3.8, 4) is 0 Å². The highest BCUT2D eigenvalue weighted by atomic mass is 32.1. The van der Waals surface area contributed by atoms with E-state index in [1.54, 1.807) is 16.2 Å². The maximum Gasteiger partial charge on any atom is 0.321 e. The smallest absolute Gasteiger partial charge is 0.321 e. The standard InChI is InChI=1S/C16H26N4O3S/c1-5-20(10-13(21)17-9-12-7-6-8-24-12)11-14(22)18-15(23)19-16(2,3)4/h6-8H,5,9-11H2,1-4H3,(H,17,21)(H2,18,19,22,23). The predicted molar refractivity (Wildman–Crippen MR) is 94.7 cm³/mol. The Bertz CT molecular complexity index is 552. The van der Waals surface area contributed by atoms with Gasteiger partial charge in [-0.2, -0.15) is 0 Å². The normalized spacial score (nSPS) is 11.2. The summed E-state index contributed by atoms with van der Waals surface area (Å²) in [6.07, 6.45) is 0. The third kappa shape index (κ3) is 8.64. The van der Waals surface area contributed by atoms with Gasteiger partial charge in [0.15, 0.2) is 0 Å². The molecule has 0 radical (unpaired) electrons. The summed E-state index contributed by atoms with van der Waals surface area (Å²) < 4.78 is 0. The number of hydrogen-bond acceptors (Lipinski definition) is 5. The van der Waals surface area contributed by atoms with Crippen molar-refractivity contribution in [2.24, 2.45) is 0 Å². The molecule has 0 aromatic carbocycles. The first-order valence-corrected chi connectivity index (χ1v) is 8.71. The first-order chi connectivity index (χ1) is 11.2. The van der Waals surface area contributed by atoms with Crippen molar-refractivity contribution in [3.05, 3.63) is 22.4 Å². The van der Waals surface area contributed by atoms with E-state index in [-0.39, 0.29) is 19.0 Å². The van der Waals surface area contributed by atoms with Gasteiger partial charge in [-0.25, -0.2) is 4.79 Å².